The highest BCUT2D eigenvalue weighted by Crippen LogP contribution is 2.27. The summed E-state index contributed by atoms with van der Waals surface area (Å²) in [6.07, 6.45) is 3.26. The lowest BCUT2D eigenvalue weighted by molar-refractivity contribution is -0.137. The standard InChI is InChI=1S/C30H32N2O5/c1-3-20(2)26(32-23-13-11-21(12-14-23)27(33)8-6-10-30(34)35)19-36-24-15-16-25(31-18-24)29-17-22-7-4-5-9-28(22)37-29/h4-5,7,9,11-18,20,26,32H,3,6,8,10,19H2,1-2H3,(H,34,35)/t20-,26+/m0/s1. The molecule has 0 saturated carbocycles. The number of anilines is 1. The number of Topliss-reactive ketones (excluding diaryl/α,β-unsaturated/α-hetero) is 1. The number of ether oxygens (including phenoxy) is 1. The predicted octanol–water partition coefficient (Wildman–Crippen LogP) is 6.84. The number of aliphatic carboxylic acids is 1. The number of aromatic nitrogens is 1. The van der Waals surface area contributed by atoms with Crippen LogP contribution in [0.1, 0.15) is 49.9 Å². The van der Waals surface area contributed by atoms with Crippen molar-refractivity contribution in [3.05, 3.63) is 78.5 Å². The predicted molar refractivity (Wildman–Crippen MR) is 144 cm³/mol. The fourth-order valence-corrected chi connectivity index (χ4v) is 4.05. The van der Waals surface area contributed by atoms with Gasteiger partial charge in [0.1, 0.15) is 23.6 Å². The van der Waals surface area contributed by atoms with Crippen LogP contribution >= 0.6 is 0 Å². The van der Waals surface area contributed by atoms with Gasteiger partial charge < -0.3 is 19.6 Å². The number of nitrogens with zero attached hydrogens (tertiary/aromatic N) is 1. The molecule has 0 aliphatic heterocycles. The quantitative estimate of drug-likeness (QED) is 0.194. The van der Waals surface area contributed by atoms with Crippen LogP contribution in [0.5, 0.6) is 5.75 Å². The minimum absolute atomic E-state index is 0.000116. The molecule has 7 nitrogen and oxygen atoms in total. The van der Waals surface area contributed by atoms with Crippen molar-refractivity contribution >= 4 is 28.4 Å². The third-order valence-corrected chi connectivity index (χ3v) is 6.53. The first-order chi connectivity index (χ1) is 17.9. The topological polar surface area (TPSA) is 102 Å². The summed E-state index contributed by atoms with van der Waals surface area (Å²) in [5, 5.41) is 13.3. The molecule has 0 saturated heterocycles. The lowest BCUT2D eigenvalue weighted by atomic mass is 9.99. The van der Waals surface area contributed by atoms with Crippen LogP contribution in [0, 0.1) is 5.92 Å². The van der Waals surface area contributed by atoms with Crippen molar-refractivity contribution in [1.29, 1.82) is 0 Å². The van der Waals surface area contributed by atoms with Crippen LogP contribution in [-0.2, 0) is 4.79 Å². The molecule has 0 bridgehead atoms. The Bertz CT molecular complexity index is 1300. The maximum Gasteiger partial charge on any atom is 0.303 e. The Kier molecular flexibility index (Phi) is 8.56. The van der Waals surface area contributed by atoms with E-state index in [1.807, 2.05) is 54.6 Å². The Hall–Kier alpha value is -4.13. The number of carboxylic acid groups (broad SMARTS) is 1. The number of hydrogen-bond acceptors (Lipinski definition) is 6. The Morgan fingerprint density at radius 2 is 1.84 bits per heavy atom. The Labute approximate surface area is 216 Å². The number of rotatable bonds is 13. The van der Waals surface area contributed by atoms with Crippen LogP contribution in [-0.4, -0.2) is 34.5 Å². The van der Waals surface area contributed by atoms with Crippen molar-refractivity contribution in [2.75, 3.05) is 11.9 Å². The van der Waals surface area contributed by atoms with E-state index in [0.717, 1.165) is 34.5 Å². The van der Waals surface area contributed by atoms with Crippen molar-refractivity contribution in [2.45, 2.75) is 45.6 Å². The fourth-order valence-electron chi connectivity index (χ4n) is 4.05. The first-order valence-corrected chi connectivity index (χ1v) is 12.6. The van der Waals surface area contributed by atoms with Crippen LogP contribution < -0.4 is 10.1 Å². The summed E-state index contributed by atoms with van der Waals surface area (Å²) in [7, 11) is 0. The number of benzene rings is 2. The molecular weight excluding hydrogens is 468 g/mol. The largest absolute Gasteiger partial charge is 0.490 e. The van der Waals surface area contributed by atoms with E-state index in [2.05, 4.69) is 24.1 Å². The number of para-hydroxylation sites is 1. The molecule has 2 aromatic heterocycles. The van der Waals surface area contributed by atoms with Crippen LogP contribution in [0.3, 0.4) is 0 Å². The third-order valence-electron chi connectivity index (χ3n) is 6.53. The van der Waals surface area contributed by atoms with Gasteiger partial charge in [-0.25, -0.2) is 4.98 Å². The van der Waals surface area contributed by atoms with E-state index in [1.54, 1.807) is 18.3 Å². The molecule has 0 amide bonds. The van der Waals surface area contributed by atoms with Gasteiger partial charge in [-0.2, -0.15) is 0 Å². The van der Waals surface area contributed by atoms with Crippen molar-refractivity contribution in [1.82, 2.24) is 4.98 Å². The third kappa shape index (κ3) is 6.97. The minimum Gasteiger partial charge on any atom is -0.490 e. The molecule has 4 rings (SSSR count). The second-order valence-electron chi connectivity index (χ2n) is 9.22. The Balaban J connectivity index is 1.35. The van der Waals surface area contributed by atoms with Crippen LogP contribution in [0.2, 0.25) is 0 Å². The number of nitrogens with one attached hydrogen (secondary N) is 1. The maximum atomic E-state index is 12.3. The monoisotopic (exact) mass is 500 g/mol. The molecule has 0 radical (unpaired) electrons. The summed E-state index contributed by atoms with van der Waals surface area (Å²) in [5.41, 5.74) is 3.06. The zero-order valence-electron chi connectivity index (χ0n) is 21.1. The molecule has 0 aliphatic carbocycles. The summed E-state index contributed by atoms with van der Waals surface area (Å²) in [5.74, 6) is 0.810. The van der Waals surface area contributed by atoms with E-state index in [0.29, 0.717) is 30.3 Å². The summed E-state index contributed by atoms with van der Waals surface area (Å²) >= 11 is 0. The molecule has 192 valence electrons. The molecular formula is C30H32N2O5. The van der Waals surface area contributed by atoms with Gasteiger partial charge in [-0.3, -0.25) is 9.59 Å². The number of pyridine rings is 1. The second-order valence-corrected chi connectivity index (χ2v) is 9.22. The molecule has 2 aromatic carbocycles. The number of hydrogen-bond donors (Lipinski definition) is 2. The number of carboxylic acids is 1. The van der Waals surface area contributed by atoms with Gasteiger partial charge in [0.05, 0.1) is 12.2 Å². The highest BCUT2D eigenvalue weighted by molar-refractivity contribution is 5.96. The van der Waals surface area contributed by atoms with E-state index in [1.165, 1.54) is 0 Å². The summed E-state index contributed by atoms with van der Waals surface area (Å²) in [6.45, 7) is 4.77. The lowest BCUT2D eigenvalue weighted by Crippen LogP contribution is -2.33. The van der Waals surface area contributed by atoms with Crippen molar-refractivity contribution < 1.29 is 23.8 Å². The van der Waals surface area contributed by atoms with E-state index in [9.17, 15) is 9.59 Å². The summed E-state index contributed by atoms with van der Waals surface area (Å²) in [4.78, 5) is 27.5. The lowest BCUT2D eigenvalue weighted by Gasteiger charge is -2.25. The van der Waals surface area contributed by atoms with Gasteiger partial charge in [-0.15, -0.1) is 0 Å². The van der Waals surface area contributed by atoms with E-state index in [-0.39, 0.29) is 24.7 Å². The van der Waals surface area contributed by atoms with Crippen LogP contribution in [0.25, 0.3) is 22.4 Å². The van der Waals surface area contributed by atoms with Gasteiger partial charge in [0.15, 0.2) is 11.5 Å². The first-order valence-electron chi connectivity index (χ1n) is 12.6. The molecule has 0 aliphatic rings. The number of carbonyl (C=O) groups is 2. The zero-order valence-corrected chi connectivity index (χ0v) is 21.1. The molecule has 0 spiro atoms. The SMILES string of the molecule is CC[C@H](C)[C@@H](COc1ccc(-c2cc3ccccc3o2)nc1)Nc1ccc(C(=O)CCCC(=O)O)cc1. The van der Waals surface area contributed by atoms with Crippen molar-refractivity contribution in [3.8, 4) is 17.2 Å². The molecule has 2 atom stereocenters. The molecule has 0 unspecified atom stereocenters. The van der Waals surface area contributed by atoms with Crippen LogP contribution in [0.15, 0.2) is 77.3 Å². The van der Waals surface area contributed by atoms with E-state index >= 15 is 0 Å². The number of fused-ring (bicyclic) bond motifs is 1. The molecule has 2 heterocycles. The first kappa shape index (κ1) is 25.9. The maximum absolute atomic E-state index is 12.3. The van der Waals surface area contributed by atoms with Gasteiger partial charge >= 0.3 is 5.97 Å². The average Bonchev–Trinajstić information content (AvgIpc) is 3.35. The highest BCUT2D eigenvalue weighted by Gasteiger charge is 2.18. The second kappa shape index (κ2) is 12.2. The normalized spacial score (nSPS) is 12.7. The molecule has 4 aromatic rings. The molecule has 7 heteroatoms. The zero-order chi connectivity index (χ0) is 26.2. The van der Waals surface area contributed by atoms with Crippen molar-refractivity contribution in [3.63, 3.8) is 0 Å². The van der Waals surface area contributed by atoms with Gasteiger partial charge in [0.25, 0.3) is 0 Å². The summed E-state index contributed by atoms with van der Waals surface area (Å²) in [6, 6.07) is 21.0. The molecule has 2 N–H and O–H groups in total. The van der Waals surface area contributed by atoms with Gasteiger partial charge in [0, 0.05) is 29.5 Å². The highest BCUT2D eigenvalue weighted by atomic mass is 16.5. The van der Waals surface area contributed by atoms with Crippen LogP contribution in [0.4, 0.5) is 5.69 Å². The minimum atomic E-state index is -0.886. The van der Waals surface area contributed by atoms with E-state index < -0.39 is 5.97 Å². The van der Waals surface area contributed by atoms with Crippen molar-refractivity contribution in [2.24, 2.45) is 5.92 Å². The Morgan fingerprint density at radius 1 is 1.05 bits per heavy atom. The molecule has 37 heavy (non-hydrogen) atoms. The fraction of sp³-hybridized carbons (Fsp3) is 0.300. The number of carbonyl (C=O) groups excluding carboxylic acids is 1. The summed E-state index contributed by atoms with van der Waals surface area (Å²) < 4.78 is 12.0. The van der Waals surface area contributed by atoms with E-state index in [4.69, 9.17) is 14.3 Å². The number of ketones is 1. The smallest absolute Gasteiger partial charge is 0.303 e. The van der Waals surface area contributed by atoms with Gasteiger partial charge in [-0.05, 0) is 60.9 Å². The number of furan rings is 1. The Morgan fingerprint density at radius 3 is 2.51 bits per heavy atom. The average molecular weight is 501 g/mol. The molecule has 0 fully saturated rings. The van der Waals surface area contributed by atoms with Gasteiger partial charge in [-0.1, -0.05) is 38.5 Å². The van der Waals surface area contributed by atoms with Gasteiger partial charge in [0.2, 0.25) is 0 Å².